The van der Waals surface area contributed by atoms with E-state index in [1.54, 1.807) is 6.07 Å². The van der Waals surface area contributed by atoms with Crippen molar-refractivity contribution in [2.75, 3.05) is 6.79 Å². The van der Waals surface area contributed by atoms with Crippen LogP contribution in [0, 0.1) is 5.82 Å². The lowest BCUT2D eigenvalue weighted by atomic mass is 10.2. The minimum absolute atomic E-state index is 0.0710. The van der Waals surface area contributed by atoms with Crippen molar-refractivity contribution in [1.29, 1.82) is 0 Å². The van der Waals surface area contributed by atoms with Gasteiger partial charge < -0.3 is 9.47 Å². The second-order valence-electron chi connectivity index (χ2n) is 4.09. The lowest BCUT2D eigenvalue weighted by molar-refractivity contribution is 0.00466. The van der Waals surface area contributed by atoms with E-state index in [1.165, 1.54) is 12.1 Å². The van der Waals surface area contributed by atoms with Crippen LogP contribution in [-0.4, -0.2) is 6.79 Å². The maximum Gasteiger partial charge on any atom is 0.189 e. The van der Waals surface area contributed by atoms with E-state index in [1.807, 2.05) is 24.3 Å². The first-order valence-corrected chi connectivity index (χ1v) is 6.90. The Morgan fingerprint density at radius 1 is 1.05 bits per heavy atom. The van der Waals surface area contributed by atoms with Crippen molar-refractivity contribution in [1.82, 2.24) is 0 Å². The monoisotopic (exact) mass is 314 g/mol. The molecule has 106 valence electrons. The molecule has 5 heteroatoms. The van der Waals surface area contributed by atoms with Gasteiger partial charge in [0.05, 0.1) is 12.5 Å². The van der Waals surface area contributed by atoms with E-state index < -0.39 is 0 Å². The Hall–Kier alpha value is -1.29. The quantitative estimate of drug-likeness (QED) is 0.434. The van der Waals surface area contributed by atoms with Gasteiger partial charge in [0.15, 0.2) is 6.79 Å². The normalized spacial score (nSPS) is 10.6. The molecular formula is C15H13Cl2FO2. The molecule has 2 aromatic carbocycles. The zero-order chi connectivity index (χ0) is 14.4. The van der Waals surface area contributed by atoms with Gasteiger partial charge in [0.2, 0.25) is 0 Å². The predicted octanol–water partition coefficient (Wildman–Crippen LogP) is 4.77. The van der Waals surface area contributed by atoms with Crippen molar-refractivity contribution in [3.8, 4) is 5.75 Å². The van der Waals surface area contributed by atoms with Crippen molar-refractivity contribution in [2.45, 2.75) is 12.5 Å². The molecule has 0 unspecified atom stereocenters. The Morgan fingerprint density at radius 3 is 2.60 bits per heavy atom. The third-order valence-corrected chi connectivity index (χ3v) is 3.33. The molecule has 0 fully saturated rings. The highest BCUT2D eigenvalue weighted by Gasteiger charge is 2.04. The van der Waals surface area contributed by atoms with Crippen LogP contribution in [0.5, 0.6) is 5.75 Å². The summed E-state index contributed by atoms with van der Waals surface area (Å²) in [6, 6.07) is 11.7. The summed E-state index contributed by atoms with van der Waals surface area (Å²) in [5.74, 6) is 0.693. The van der Waals surface area contributed by atoms with Gasteiger partial charge >= 0.3 is 0 Å². The van der Waals surface area contributed by atoms with Crippen LogP contribution in [0.25, 0.3) is 0 Å². The Labute approximate surface area is 127 Å². The minimum Gasteiger partial charge on any atom is -0.467 e. The number of halogens is 3. The molecule has 0 saturated heterocycles. The summed E-state index contributed by atoms with van der Waals surface area (Å²) < 4.78 is 23.7. The number of benzene rings is 2. The van der Waals surface area contributed by atoms with Gasteiger partial charge in [0, 0.05) is 10.6 Å². The van der Waals surface area contributed by atoms with Crippen molar-refractivity contribution in [3.05, 3.63) is 64.4 Å². The van der Waals surface area contributed by atoms with E-state index in [0.29, 0.717) is 22.2 Å². The van der Waals surface area contributed by atoms with Gasteiger partial charge in [-0.25, -0.2) is 4.39 Å². The Morgan fingerprint density at radius 2 is 1.85 bits per heavy atom. The van der Waals surface area contributed by atoms with E-state index in [9.17, 15) is 4.39 Å². The molecule has 0 N–H and O–H groups in total. The fraction of sp³-hybridized carbons (Fsp3) is 0.200. The standard InChI is InChI=1S/C15H13Cl2FO2/c16-8-11-3-1-2-4-15(11)20-10-19-9-12-5-6-13(18)7-14(12)17/h1-7H,8-10H2. The third-order valence-electron chi connectivity index (χ3n) is 2.69. The molecule has 0 aliphatic rings. The zero-order valence-electron chi connectivity index (χ0n) is 10.6. The maximum absolute atomic E-state index is 12.9. The van der Waals surface area contributed by atoms with Gasteiger partial charge in [0.25, 0.3) is 0 Å². The first kappa shape index (κ1) is 15.1. The van der Waals surface area contributed by atoms with Crippen LogP contribution in [0.4, 0.5) is 4.39 Å². The molecule has 0 heterocycles. The van der Waals surface area contributed by atoms with E-state index in [2.05, 4.69) is 0 Å². The lowest BCUT2D eigenvalue weighted by Gasteiger charge is -2.10. The smallest absolute Gasteiger partial charge is 0.189 e. The van der Waals surface area contributed by atoms with Gasteiger partial charge in [0.1, 0.15) is 11.6 Å². The van der Waals surface area contributed by atoms with Crippen molar-refractivity contribution in [3.63, 3.8) is 0 Å². The summed E-state index contributed by atoms with van der Waals surface area (Å²) in [7, 11) is 0. The molecule has 0 radical (unpaired) electrons. The summed E-state index contributed by atoms with van der Waals surface area (Å²) in [5.41, 5.74) is 1.61. The number of ether oxygens (including phenoxy) is 2. The number of alkyl halides is 1. The van der Waals surface area contributed by atoms with Gasteiger partial charge in [-0.05, 0) is 23.8 Å². The Balaban J connectivity index is 1.84. The molecule has 2 rings (SSSR count). The molecule has 2 nitrogen and oxygen atoms in total. The second-order valence-corrected chi connectivity index (χ2v) is 4.76. The maximum atomic E-state index is 12.9. The largest absolute Gasteiger partial charge is 0.467 e. The van der Waals surface area contributed by atoms with Crippen molar-refractivity contribution in [2.24, 2.45) is 0 Å². The predicted molar refractivity (Wildman–Crippen MR) is 77.7 cm³/mol. The molecule has 0 bridgehead atoms. The first-order chi connectivity index (χ1) is 9.70. The molecule has 0 spiro atoms. The van der Waals surface area contributed by atoms with Crippen LogP contribution < -0.4 is 4.74 Å². The van der Waals surface area contributed by atoms with Crippen LogP contribution in [0.1, 0.15) is 11.1 Å². The second kappa shape index (κ2) is 7.48. The molecule has 0 amide bonds. The van der Waals surface area contributed by atoms with Crippen molar-refractivity contribution >= 4 is 23.2 Å². The fourth-order valence-corrected chi connectivity index (χ4v) is 2.09. The highest BCUT2D eigenvalue weighted by atomic mass is 35.5. The highest BCUT2D eigenvalue weighted by Crippen LogP contribution is 2.21. The summed E-state index contributed by atoms with van der Waals surface area (Å²) in [6.07, 6.45) is 0. The zero-order valence-corrected chi connectivity index (χ0v) is 12.1. The number of rotatable bonds is 6. The van der Waals surface area contributed by atoms with Crippen LogP contribution in [-0.2, 0) is 17.2 Å². The summed E-state index contributed by atoms with van der Waals surface area (Å²) in [6.45, 7) is 0.323. The van der Waals surface area contributed by atoms with Gasteiger partial charge in [-0.3, -0.25) is 0 Å². The summed E-state index contributed by atoms with van der Waals surface area (Å²) in [5, 5.41) is 0.339. The molecule has 20 heavy (non-hydrogen) atoms. The van der Waals surface area contributed by atoms with E-state index in [0.717, 1.165) is 5.56 Å². The van der Waals surface area contributed by atoms with Crippen LogP contribution in [0.2, 0.25) is 5.02 Å². The number of hydrogen-bond donors (Lipinski definition) is 0. The van der Waals surface area contributed by atoms with Crippen LogP contribution in [0.3, 0.4) is 0 Å². The van der Waals surface area contributed by atoms with Gasteiger partial charge in [-0.1, -0.05) is 35.9 Å². The highest BCUT2D eigenvalue weighted by molar-refractivity contribution is 6.31. The third kappa shape index (κ3) is 4.10. The first-order valence-electron chi connectivity index (χ1n) is 5.99. The summed E-state index contributed by atoms with van der Waals surface area (Å²) in [4.78, 5) is 0. The Bertz CT molecular complexity index is 576. The molecule has 0 aliphatic heterocycles. The van der Waals surface area contributed by atoms with Gasteiger partial charge in [-0.2, -0.15) is 0 Å². The minimum atomic E-state index is -0.369. The fourth-order valence-electron chi connectivity index (χ4n) is 1.65. The average Bonchev–Trinajstić information content (AvgIpc) is 2.46. The SMILES string of the molecule is Fc1ccc(COCOc2ccccc2CCl)c(Cl)c1. The molecule has 0 aromatic heterocycles. The summed E-state index contributed by atoms with van der Waals surface area (Å²) >= 11 is 11.7. The molecule has 2 aromatic rings. The lowest BCUT2D eigenvalue weighted by Crippen LogP contribution is -2.04. The van der Waals surface area contributed by atoms with E-state index >= 15 is 0 Å². The van der Waals surface area contributed by atoms with Gasteiger partial charge in [-0.15, -0.1) is 11.6 Å². The van der Waals surface area contributed by atoms with Crippen LogP contribution in [0.15, 0.2) is 42.5 Å². The topological polar surface area (TPSA) is 18.5 Å². The Kier molecular flexibility index (Phi) is 5.65. The number of hydrogen-bond acceptors (Lipinski definition) is 2. The van der Waals surface area contributed by atoms with E-state index in [-0.39, 0.29) is 19.2 Å². The van der Waals surface area contributed by atoms with Crippen LogP contribution >= 0.6 is 23.2 Å². The molecule has 0 aliphatic carbocycles. The van der Waals surface area contributed by atoms with E-state index in [4.69, 9.17) is 32.7 Å². The number of para-hydroxylation sites is 1. The molecule has 0 saturated carbocycles. The van der Waals surface area contributed by atoms with Crippen molar-refractivity contribution < 1.29 is 13.9 Å². The molecular weight excluding hydrogens is 302 g/mol. The molecule has 0 atom stereocenters. The average molecular weight is 315 g/mol.